The Morgan fingerprint density at radius 1 is 1.41 bits per heavy atom. The van der Waals surface area contributed by atoms with Crippen LogP contribution >= 0.6 is 11.3 Å². The van der Waals surface area contributed by atoms with Crippen LogP contribution in [0.25, 0.3) is 0 Å². The fraction of sp³-hybridized carbons (Fsp3) is 0.571. The van der Waals surface area contributed by atoms with Crippen LogP contribution in [0.1, 0.15) is 51.1 Å². The summed E-state index contributed by atoms with van der Waals surface area (Å²) in [5.41, 5.74) is -0.0917. The van der Waals surface area contributed by atoms with Crippen molar-refractivity contribution in [1.82, 2.24) is 4.98 Å². The Bertz CT molecular complexity index is 502. The first-order chi connectivity index (χ1) is 10.7. The van der Waals surface area contributed by atoms with Gasteiger partial charge in [0.25, 0.3) is 0 Å². The number of aromatic nitrogens is 1. The summed E-state index contributed by atoms with van der Waals surface area (Å²) in [7, 11) is 0. The Balaban J connectivity index is 2.42. The van der Waals surface area contributed by atoms with Crippen LogP contribution in [0.15, 0.2) is 10.5 Å². The van der Waals surface area contributed by atoms with Crippen molar-refractivity contribution in [1.29, 1.82) is 0 Å². The number of nitrogens with one attached hydrogen (secondary N) is 1. The van der Waals surface area contributed by atoms with Gasteiger partial charge in [-0.1, -0.05) is 37.8 Å². The van der Waals surface area contributed by atoms with Crippen LogP contribution in [0.4, 0.5) is 5.13 Å². The minimum absolute atomic E-state index is 0.171. The van der Waals surface area contributed by atoms with E-state index < -0.39 is 5.97 Å². The molecule has 0 bridgehead atoms. The van der Waals surface area contributed by atoms with E-state index in [2.05, 4.69) is 22.4 Å². The molecule has 1 aromatic rings. The van der Waals surface area contributed by atoms with Crippen molar-refractivity contribution in [3.05, 3.63) is 11.1 Å². The monoisotopic (exact) mass is 327 g/mol. The second kappa shape index (κ2) is 10.7. The van der Waals surface area contributed by atoms with Crippen LogP contribution in [0, 0.1) is 0 Å². The number of hydrogen-bond donors (Lipinski definition) is 2. The molecule has 0 spiro atoms. The van der Waals surface area contributed by atoms with Gasteiger partial charge in [-0.3, -0.25) is 4.79 Å². The second-order valence-electron chi connectivity index (χ2n) is 4.65. The number of carboxylic acids is 1. The van der Waals surface area contributed by atoms with E-state index in [1.165, 1.54) is 24.6 Å². The molecule has 8 heteroatoms. The van der Waals surface area contributed by atoms with E-state index in [9.17, 15) is 9.59 Å². The van der Waals surface area contributed by atoms with Crippen molar-refractivity contribution in [3.63, 3.8) is 0 Å². The molecule has 1 heterocycles. The Kier molecular flexibility index (Phi) is 8.82. The van der Waals surface area contributed by atoms with Gasteiger partial charge in [-0.05, 0) is 12.8 Å². The summed E-state index contributed by atoms with van der Waals surface area (Å²) >= 11 is 1.12. The van der Waals surface area contributed by atoms with E-state index >= 15 is 0 Å². The highest BCUT2D eigenvalue weighted by Gasteiger charge is 2.17. The van der Waals surface area contributed by atoms with Gasteiger partial charge in [-0.25, -0.2) is 9.78 Å². The zero-order valence-electron chi connectivity index (χ0n) is 12.6. The number of carboxylic acid groups (broad SMARTS) is 1. The SMILES string of the molecule is CCCCCCCCON=C(C(=O)O)c1csc(NC=O)n1. The molecule has 0 aliphatic carbocycles. The lowest BCUT2D eigenvalue weighted by atomic mass is 10.1. The van der Waals surface area contributed by atoms with Gasteiger partial charge in [0, 0.05) is 5.38 Å². The normalized spacial score (nSPS) is 11.2. The number of rotatable bonds is 12. The molecule has 2 N–H and O–H groups in total. The first kappa shape index (κ1) is 18.1. The fourth-order valence-corrected chi connectivity index (χ4v) is 2.41. The average molecular weight is 327 g/mol. The predicted octanol–water partition coefficient (Wildman–Crippen LogP) is 2.88. The zero-order chi connectivity index (χ0) is 16.2. The minimum Gasteiger partial charge on any atom is -0.476 e. The molecule has 0 aliphatic heterocycles. The molecule has 0 aromatic carbocycles. The summed E-state index contributed by atoms with van der Waals surface area (Å²) < 4.78 is 0. The maximum atomic E-state index is 11.2. The molecule has 1 amide bonds. The minimum atomic E-state index is -1.22. The molecule has 7 nitrogen and oxygen atoms in total. The molecule has 122 valence electrons. The van der Waals surface area contributed by atoms with Gasteiger partial charge in [-0.15, -0.1) is 11.3 Å². The van der Waals surface area contributed by atoms with Gasteiger partial charge < -0.3 is 15.3 Å². The Morgan fingerprint density at radius 3 is 2.82 bits per heavy atom. The maximum Gasteiger partial charge on any atom is 0.360 e. The second-order valence-corrected chi connectivity index (χ2v) is 5.50. The van der Waals surface area contributed by atoms with E-state index in [-0.39, 0.29) is 11.4 Å². The van der Waals surface area contributed by atoms with E-state index in [4.69, 9.17) is 9.94 Å². The van der Waals surface area contributed by atoms with E-state index in [0.717, 1.165) is 30.6 Å². The summed E-state index contributed by atoms with van der Waals surface area (Å²) in [5.74, 6) is -1.22. The van der Waals surface area contributed by atoms with E-state index in [1.807, 2.05) is 0 Å². The van der Waals surface area contributed by atoms with Crippen LogP contribution in [0.3, 0.4) is 0 Å². The van der Waals surface area contributed by atoms with Crippen LogP contribution in [-0.4, -0.2) is 34.8 Å². The lowest BCUT2D eigenvalue weighted by molar-refractivity contribution is -0.129. The lowest BCUT2D eigenvalue weighted by Gasteiger charge is -2.01. The quantitative estimate of drug-likeness (QED) is 0.266. The number of amides is 1. The van der Waals surface area contributed by atoms with Crippen molar-refractivity contribution in [2.24, 2.45) is 5.16 Å². The van der Waals surface area contributed by atoms with Crippen LogP contribution in [0.2, 0.25) is 0 Å². The van der Waals surface area contributed by atoms with Gasteiger partial charge in [0.1, 0.15) is 12.3 Å². The van der Waals surface area contributed by atoms with Crippen LogP contribution < -0.4 is 5.32 Å². The van der Waals surface area contributed by atoms with Gasteiger partial charge >= 0.3 is 5.97 Å². The molecule has 1 rings (SSSR count). The summed E-state index contributed by atoms with van der Waals surface area (Å²) in [5, 5.41) is 17.0. The molecule has 1 aromatic heterocycles. The molecule has 0 saturated heterocycles. The molecular weight excluding hydrogens is 306 g/mol. The summed E-state index contributed by atoms with van der Waals surface area (Å²) in [6.45, 7) is 2.55. The van der Waals surface area contributed by atoms with Gasteiger partial charge in [0.05, 0.1) is 0 Å². The largest absolute Gasteiger partial charge is 0.476 e. The number of carbonyl (C=O) groups excluding carboxylic acids is 1. The number of aliphatic carboxylic acids is 1. The van der Waals surface area contributed by atoms with E-state index in [0.29, 0.717) is 18.1 Å². The van der Waals surface area contributed by atoms with Crippen molar-refractivity contribution >= 4 is 34.6 Å². The third-order valence-electron chi connectivity index (χ3n) is 2.88. The zero-order valence-corrected chi connectivity index (χ0v) is 13.4. The topological polar surface area (TPSA) is 101 Å². The number of oxime groups is 1. The smallest absolute Gasteiger partial charge is 0.360 e. The average Bonchev–Trinajstić information content (AvgIpc) is 2.94. The number of unbranched alkanes of at least 4 members (excludes halogenated alkanes) is 5. The fourth-order valence-electron chi connectivity index (χ4n) is 1.75. The highest BCUT2D eigenvalue weighted by atomic mass is 32.1. The first-order valence-electron chi connectivity index (χ1n) is 7.28. The van der Waals surface area contributed by atoms with Crippen molar-refractivity contribution in [2.75, 3.05) is 11.9 Å². The van der Waals surface area contributed by atoms with Gasteiger partial charge in [0.2, 0.25) is 12.1 Å². The molecular formula is C14H21N3O4S. The number of anilines is 1. The highest BCUT2D eigenvalue weighted by molar-refractivity contribution is 7.14. The molecule has 0 aliphatic rings. The third-order valence-corrected chi connectivity index (χ3v) is 3.65. The summed E-state index contributed by atoms with van der Waals surface area (Å²) in [6.07, 6.45) is 7.18. The van der Waals surface area contributed by atoms with Crippen molar-refractivity contribution in [2.45, 2.75) is 45.4 Å². The third kappa shape index (κ3) is 6.66. The summed E-state index contributed by atoms with van der Waals surface area (Å²) in [4.78, 5) is 30.5. The molecule has 0 saturated carbocycles. The van der Waals surface area contributed by atoms with Crippen LogP contribution in [-0.2, 0) is 14.4 Å². The molecule has 0 atom stereocenters. The standard InChI is InChI=1S/C14H21N3O4S/c1-2-3-4-5-6-7-8-21-17-12(13(19)20)11-9-22-14(16-11)15-10-18/h9-10H,2-8H2,1H3,(H,19,20)(H,15,16,18). The van der Waals surface area contributed by atoms with Crippen LogP contribution in [0.5, 0.6) is 0 Å². The number of hydrogen-bond acceptors (Lipinski definition) is 6. The predicted molar refractivity (Wildman–Crippen MR) is 85.3 cm³/mol. The van der Waals surface area contributed by atoms with Gasteiger partial charge in [0.15, 0.2) is 5.13 Å². The van der Waals surface area contributed by atoms with Crippen molar-refractivity contribution in [3.8, 4) is 0 Å². The highest BCUT2D eigenvalue weighted by Crippen LogP contribution is 2.15. The molecule has 0 radical (unpaired) electrons. The number of carbonyl (C=O) groups is 2. The number of thiazole rings is 1. The summed E-state index contributed by atoms with van der Waals surface area (Å²) in [6, 6.07) is 0. The Morgan fingerprint density at radius 2 is 2.14 bits per heavy atom. The maximum absolute atomic E-state index is 11.2. The van der Waals surface area contributed by atoms with Crippen molar-refractivity contribution < 1.29 is 19.5 Å². The first-order valence-corrected chi connectivity index (χ1v) is 8.16. The number of nitrogens with zero attached hydrogens (tertiary/aromatic N) is 2. The molecule has 0 unspecified atom stereocenters. The Labute approximate surface area is 133 Å². The lowest BCUT2D eigenvalue weighted by Crippen LogP contribution is -2.16. The van der Waals surface area contributed by atoms with E-state index in [1.54, 1.807) is 0 Å². The Hall–Kier alpha value is -1.96. The molecule has 22 heavy (non-hydrogen) atoms. The van der Waals surface area contributed by atoms with Gasteiger partial charge in [-0.2, -0.15) is 0 Å². The molecule has 0 fully saturated rings.